The van der Waals surface area contributed by atoms with E-state index in [1.807, 2.05) is 26.2 Å². The van der Waals surface area contributed by atoms with Crippen LogP contribution in [-0.2, 0) is 0 Å². The predicted molar refractivity (Wildman–Crippen MR) is 97.8 cm³/mol. The van der Waals surface area contributed by atoms with Crippen molar-refractivity contribution in [3.8, 4) is 11.5 Å². The van der Waals surface area contributed by atoms with E-state index in [9.17, 15) is 4.79 Å². The lowest BCUT2D eigenvalue weighted by molar-refractivity contribution is 0.0950. The maximum atomic E-state index is 13.0. The van der Waals surface area contributed by atoms with Gasteiger partial charge in [-0.05, 0) is 32.2 Å². The molecule has 0 atom stereocenters. The third kappa shape index (κ3) is 3.32. The van der Waals surface area contributed by atoms with Gasteiger partial charge in [0.2, 0.25) is 0 Å². The van der Waals surface area contributed by atoms with Crippen LogP contribution in [0.15, 0.2) is 41.7 Å². The quantitative estimate of drug-likeness (QED) is 0.628. The van der Waals surface area contributed by atoms with Gasteiger partial charge in [0.25, 0.3) is 5.91 Å². The van der Waals surface area contributed by atoms with Gasteiger partial charge in [0.15, 0.2) is 16.7 Å². The van der Waals surface area contributed by atoms with E-state index in [1.165, 1.54) is 11.8 Å². The first-order valence-electron chi connectivity index (χ1n) is 8.01. The van der Waals surface area contributed by atoms with Crippen molar-refractivity contribution in [3.05, 3.63) is 42.2 Å². The molecule has 0 bridgehead atoms. The first-order valence-corrected chi connectivity index (χ1v) is 9.23. The van der Waals surface area contributed by atoms with E-state index in [0.717, 1.165) is 0 Å². The van der Waals surface area contributed by atoms with Gasteiger partial charge in [-0.25, -0.2) is 4.98 Å². The Balaban J connectivity index is 2.20. The molecular weight excluding hydrogens is 338 g/mol. The van der Waals surface area contributed by atoms with Crippen molar-refractivity contribution in [2.75, 3.05) is 19.5 Å². The molecule has 0 saturated heterocycles. The lowest BCUT2D eigenvalue weighted by atomic mass is 10.2. The van der Waals surface area contributed by atoms with Gasteiger partial charge < -0.3 is 9.47 Å². The molecule has 2 aromatic heterocycles. The minimum atomic E-state index is -0.223. The topological polar surface area (TPSA) is 66.2 Å². The number of hydrogen-bond donors (Lipinski definition) is 0. The van der Waals surface area contributed by atoms with Crippen LogP contribution < -0.4 is 9.47 Å². The standard InChI is InChI=1S/C18H19N3O3S/c1-4-23-15-10-13-14(11-16(15)24-5-2)21(18(20-13)25-3)17(22)12-8-6-7-9-19-12/h6-11H,4-5H2,1-3H3. The molecule has 3 rings (SSSR count). The second-order valence-corrected chi connectivity index (χ2v) is 5.88. The summed E-state index contributed by atoms with van der Waals surface area (Å²) in [6.45, 7) is 4.85. The average Bonchev–Trinajstić information content (AvgIpc) is 3.00. The fourth-order valence-corrected chi connectivity index (χ4v) is 3.09. The monoisotopic (exact) mass is 357 g/mol. The summed E-state index contributed by atoms with van der Waals surface area (Å²) in [4.78, 5) is 21.7. The Bertz CT molecular complexity index is 893. The molecule has 0 amide bonds. The number of aromatic nitrogens is 3. The second-order valence-electron chi connectivity index (χ2n) is 5.11. The Morgan fingerprint density at radius 3 is 2.48 bits per heavy atom. The van der Waals surface area contributed by atoms with Crippen LogP contribution in [0.4, 0.5) is 0 Å². The lowest BCUT2D eigenvalue weighted by Gasteiger charge is -2.11. The summed E-state index contributed by atoms with van der Waals surface area (Å²) in [6.07, 6.45) is 3.49. The number of benzene rings is 1. The molecule has 0 radical (unpaired) electrons. The first-order chi connectivity index (χ1) is 12.2. The van der Waals surface area contributed by atoms with Gasteiger partial charge in [-0.2, -0.15) is 0 Å². The van der Waals surface area contributed by atoms with Gasteiger partial charge in [0.1, 0.15) is 5.69 Å². The molecule has 3 aromatic rings. The van der Waals surface area contributed by atoms with Gasteiger partial charge in [0.05, 0.1) is 24.2 Å². The first kappa shape index (κ1) is 17.3. The normalized spacial score (nSPS) is 10.8. The Morgan fingerprint density at radius 1 is 1.16 bits per heavy atom. The molecule has 6 nitrogen and oxygen atoms in total. The molecule has 0 N–H and O–H groups in total. The Hall–Kier alpha value is -2.54. The number of pyridine rings is 1. The van der Waals surface area contributed by atoms with Crippen molar-refractivity contribution in [3.63, 3.8) is 0 Å². The maximum absolute atomic E-state index is 13.0. The number of carbonyl (C=O) groups is 1. The summed E-state index contributed by atoms with van der Waals surface area (Å²) in [5.74, 6) is 0.998. The molecule has 0 aliphatic rings. The van der Waals surface area contributed by atoms with Gasteiger partial charge in [-0.15, -0.1) is 0 Å². The molecule has 0 unspecified atom stereocenters. The van der Waals surface area contributed by atoms with Crippen molar-refractivity contribution in [2.24, 2.45) is 0 Å². The summed E-state index contributed by atoms with van der Waals surface area (Å²) in [5.41, 5.74) is 1.72. The summed E-state index contributed by atoms with van der Waals surface area (Å²) in [7, 11) is 0. The van der Waals surface area contributed by atoms with Gasteiger partial charge in [-0.1, -0.05) is 17.8 Å². The number of ether oxygens (including phenoxy) is 2. The van der Waals surface area contributed by atoms with Gasteiger partial charge in [0, 0.05) is 18.3 Å². The van der Waals surface area contributed by atoms with E-state index in [4.69, 9.17) is 9.47 Å². The molecule has 130 valence electrons. The number of fused-ring (bicyclic) bond motifs is 1. The zero-order valence-corrected chi connectivity index (χ0v) is 15.2. The van der Waals surface area contributed by atoms with Crippen LogP contribution in [0, 0.1) is 0 Å². The summed E-state index contributed by atoms with van der Waals surface area (Å²) >= 11 is 1.40. The smallest absolute Gasteiger partial charge is 0.283 e. The molecule has 25 heavy (non-hydrogen) atoms. The molecular formula is C18H19N3O3S. The van der Waals surface area contributed by atoms with E-state index in [0.29, 0.717) is 46.6 Å². The van der Waals surface area contributed by atoms with E-state index in [1.54, 1.807) is 35.0 Å². The minimum absolute atomic E-state index is 0.223. The maximum Gasteiger partial charge on any atom is 0.283 e. The van der Waals surface area contributed by atoms with E-state index in [2.05, 4.69) is 9.97 Å². The molecule has 0 aliphatic heterocycles. The van der Waals surface area contributed by atoms with Gasteiger partial charge >= 0.3 is 0 Å². The lowest BCUT2D eigenvalue weighted by Crippen LogP contribution is -2.14. The fraction of sp³-hybridized carbons (Fsp3) is 0.278. The zero-order valence-electron chi connectivity index (χ0n) is 14.4. The van der Waals surface area contributed by atoms with Crippen LogP contribution >= 0.6 is 11.8 Å². The summed E-state index contributed by atoms with van der Waals surface area (Å²) in [6, 6.07) is 8.87. The summed E-state index contributed by atoms with van der Waals surface area (Å²) in [5, 5.41) is 0.599. The highest BCUT2D eigenvalue weighted by molar-refractivity contribution is 7.98. The average molecular weight is 357 g/mol. The second kappa shape index (κ2) is 7.57. The molecule has 0 saturated carbocycles. The van der Waals surface area contributed by atoms with Crippen LogP contribution in [-0.4, -0.2) is 39.9 Å². The molecule has 0 spiro atoms. The SMILES string of the molecule is CCOc1cc2nc(SC)n(C(=O)c3ccccn3)c2cc1OCC. The van der Waals surface area contributed by atoms with Crippen molar-refractivity contribution in [1.29, 1.82) is 0 Å². The van der Waals surface area contributed by atoms with Crippen molar-refractivity contribution >= 4 is 28.7 Å². The molecule has 1 aromatic carbocycles. The molecule has 0 aliphatic carbocycles. The van der Waals surface area contributed by atoms with Crippen LogP contribution in [0.2, 0.25) is 0 Å². The molecule has 0 fully saturated rings. The minimum Gasteiger partial charge on any atom is -0.490 e. The van der Waals surface area contributed by atoms with Crippen LogP contribution in [0.3, 0.4) is 0 Å². The van der Waals surface area contributed by atoms with Gasteiger partial charge in [-0.3, -0.25) is 14.3 Å². The number of carbonyl (C=O) groups excluding carboxylic acids is 1. The van der Waals surface area contributed by atoms with Crippen LogP contribution in [0.1, 0.15) is 24.3 Å². The summed E-state index contributed by atoms with van der Waals surface area (Å²) < 4.78 is 12.9. The van der Waals surface area contributed by atoms with Crippen LogP contribution in [0.5, 0.6) is 11.5 Å². The Kier molecular flexibility index (Phi) is 5.23. The largest absolute Gasteiger partial charge is 0.490 e. The van der Waals surface area contributed by atoms with Crippen molar-refractivity contribution in [1.82, 2.24) is 14.5 Å². The zero-order chi connectivity index (χ0) is 17.8. The number of thioether (sulfide) groups is 1. The number of nitrogens with zero attached hydrogens (tertiary/aromatic N) is 3. The highest BCUT2D eigenvalue weighted by Gasteiger charge is 2.21. The molecule has 2 heterocycles. The van der Waals surface area contributed by atoms with Crippen LogP contribution in [0.25, 0.3) is 11.0 Å². The van der Waals surface area contributed by atoms with E-state index >= 15 is 0 Å². The van der Waals surface area contributed by atoms with E-state index in [-0.39, 0.29) is 5.91 Å². The number of rotatable bonds is 6. The third-order valence-electron chi connectivity index (χ3n) is 3.56. The Labute approximate surface area is 150 Å². The highest BCUT2D eigenvalue weighted by Crippen LogP contribution is 2.34. The fourth-order valence-electron chi connectivity index (χ4n) is 2.54. The van der Waals surface area contributed by atoms with E-state index < -0.39 is 0 Å². The predicted octanol–water partition coefficient (Wildman–Crippen LogP) is 3.64. The van der Waals surface area contributed by atoms with Crippen molar-refractivity contribution < 1.29 is 14.3 Å². The third-order valence-corrected chi connectivity index (χ3v) is 4.20. The van der Waals surface area contributed by atoms with Crippen molar-refractivity contribution in [2.45, 2.75) is 19.0 Å². The molecule has 7 heteroatoms. The number of imidazole rings is 1. The Morgan fingerprint density at radius 2 is 1.88 bits per heavy atom. The highest BCUT2D eigenvalue weighted by atomic mass is 32.2. The number of hydrogen-bond acceptors (Lipinski definition) is 6.